The molecule has 3 fully saturated rings. The summed E-state index contributed by atoms with van der Waals surface area (Å²) in [5.41, 5.74) is -0.0528. The Balaban J connectivity index is 1.96. The Morgan fingerprint density at radius 2 is 2.33 bits per heavy atom. The van der Waals surface area contributed by atoms with Gasteiger partial charge in [0.25, 0.3) is 0 Å². The molecule has 68 valence electrons. The van der Waals surface area contributed by atoms with E-state index in [-0.39, 0.29) is 36.1 Å². The van der Waals surface area contributed by atoms with Crippen molar-refractivity contribution in [1.29, 1.82) is 0 Å². The number of aliphatic hydroxyl groups excluding tert-OH is 2. The zero-order chi connectivity index (χ0) is 8.51. The van der Waals surface area contributed by atoms with Gasteiger partial charge in [-0.25, -0.2) is 0 Å². The Hall–Kier alpha value is -0.120. The van der Waals surface area contributed by atoms with E-state index >= 15 is 0 Å². The lowest BCUT2D eigenvalue weighted by molar-refractivity contribution is 0.0111. The van der Waals surface area contributed by atoms with Gasteiger partial charge in [-0.1, -0.05) is 6.92 Å². The van der Waals surface area contributed by atoms with Crippen LogP contribution in [0.25, 0.3) is 0 Å². The van der Waals surface area contributed by atoms with E-state index in [1.807, 2.05) is 0 Å². The molecule has 1 heterocycles. The minimum absolute atomic E-state index is 0.0528. The summed E-state index contributed by atoms with van der Waals surface area (Å²) in [6, 6.07) is 0. The molecule has 0 unspecified atom stereocenters. The summed E-state index contributed by atoms with van der Waals surface area (Å²) in [5.74, 6) is 0.485. The van der Waals surface area contributed by atoms with Crippen molar-refractivity contribution >= 4 is 0 Å². The molecule has 0 amide bonds. The number of aliphatic hydroxyl groups is 2. The first kappa shape index (κ1) is 7.30. The van der Waals surface area contributed by atoms with E-state index in [0.29, 0.717) is 6.10 Å². The summed E-state index contributed by atoms with van der Waals surface area (Å²) in [5, 5.41) is 19.0. The lowest BCUT2D eigenvalue weighted by Gasteiger charge is -2.23. The molecule has 6 atom stereocenters. The summed E-state index contributed by atoms with van der Waals surface area (Å²) in [7, 11) is 0. The van der Waals surface area contributed by atoms with E-state index in [4.69, 9.17) is 9.84 Å². The van der Waals surface area contributed by atoms with Crippen LogP contribution < -0.4 is 0 Å². The highest BCUT2D eigenvalue weighted by atomic mass is 16.6. The molecule has 0 radical (unpaired) electrons. The average Bonchev–Trinajstić information content (AvgIpc) is 2.76. The van der Waals surface area contributed by atoms with Crippen LogP contribution in [0.5, 0.6) is 0 Å². The second kappa shape index (κ2) is 1.86. The van der Waals surface area contributed by atoms with E-state index in [2.05, 4.69) is 6.92 Å². The van der Waals surface area contributed by atoms with Crippen LogP contribution in [0, 0.1) is 17.3 Å². The Morgan fingerprint density at radius 3 is 2.83 bits per heavy atom. The third-order valence-electron chi connectivity index (χ3n) is 4.08. The molecule has 2 N–H and O–H groups in total. The van der Waals surface area contributed by atoms with E-state index < -0.39 is 0 Å². The fourth-order valence-corrected chi connectivity index (χ4v) is 3.39. The molecular formula is C9H14O3. The zero-order valence-corrected chi connectivity index (χ0v) is 7.10. The molecule has 2 bridgehead atoms. The van der Waals surface area contributed by atoms with E-state index in [9.17, 15) is 5.11 Å². The number of hydrogen-bond acceptors (Lipinski definition) is 3. The summed E-state index contributed by atoms with van der Waals surface area (Å²) in [6.45, 7) is 2.28. The number of hydrogen-bond donors (Lipinski definition) is 2. The normalized spacial score (nSPS) is 66.8. The third kappa shape index (κ3) is 0.573. The number of epoxide rings is 1. The molecule has 3 rings (SSSR count). The van der Waals surface area contributed by atoms with Crippen molar-refractivity contribution in [3.8, 4) is 0 Å². The highest BCUT2D eigenvalue weighted by molar-refractivity contribution is 5.21. The largest absolute Gasteiger partial charge is 0.396 e. The lowest BCUT2D eigenvalue weighted by Crippen LogP contribution is -2.29. The molecule has 0 aromatic carbocycles. The first-order chi connectivity index (χ1) is 5.68. The molecule has 0 aromatic rings. The molecule has 0 spiro atoms. The molecule has 12 heavy (non-hydrogen) atoms. The van der Waals surface area contributed by atoms with Gasteiger partial charge in [0.15, 0.2) is 0 Å². The summed E-state index contributed by atoms with van der Waals surface area (Å²) in [6.07, 6.45) is 1.24. The van der Waals surface area contributed by atoms with Crippen LogP contribution in [0.4, 0.5) is 0 Å². The molecule has 1 saturated heterocycles. The van der Waals surface area contributed by atoms with Crippen LogP contribution in [0.2, 0.25) is 0 Å². The van der Waals surface area contributed by atoms with Crippen molar-refractivity contribution in [3.63, 3.8) is 0 Å². The Labute approximate surface area is 71.3 Å². The maximum Gasteiger partial charge on any atom is 0.0924 e. The molecule has 2 aliphatic carbocycles. The SMILES string of the molecule is C[C@]12C[C@@H](CO)[C@H]([C@H]3O[C@H]31)[C@@H]2O. The molecule has 3 nitrogen and oxygen atoms in total. The minimum Gasteiger partial charge on any atom is -0.396 e. The van der Waals surface area contributed by atoms with Gasteiger partial charge in [-0.05, 0) is 12.3 Å². The molecule has 2 saturated carbocycles. The van der Waals surface area contributed by atoms with Crippen molar-refractivity contribution in [2.75, 3.05) is 6.61 Å². The first-order valence-electron chi connectivity index (χ1n) is 4.63. The minimum atomic E-state index is -0.238. The highest BCUT2D eigenvalue weighted by Gasteiger charge is 2.73. The van der Waals surface area contributed by atoms with E-state index in [0.717, 1.165) is 6.42 Å². The Kier molecular flexibility index (Phi) is 1.13. The van der Waals surface area contributed by atoms with Gasteiger partial charge in [0.05, 0.1) is 18.3 Å². The zero-order valence-electron chi connectivity index (χ0n) is 7.10. The molecule has 3 aliphatic rings. The fourth-order valence-electron chi connectivity index (χ4n) is 3.39. The second-order valence-electron chi connectivity index (χ2n) is 4.70. The summed E-state index contributed by atoms with van der Waals surface area (Å²) < 4.78 is 5.47. The summed E-state index contributed by atoms with van der Waals surface area (Å²) >= 11 is 0. The number of ether oxygens (including phenoxy) is 1. The fraction of sp³-hybridized carbons (Fsp3) is 1.00. The van der Waals surface area contributed by atoms with Crippen LogP contribution in [-0.2, 0) is 4.74 Å². The summed E-state index contributed by atoms with van der Waals surface area (Å²) in [4.78, 5) is 0. The van der Waals surface area contributed by atoms with Gasteiger partial charge < -0.3 is 14.9 Å². The Bertz CT molecular complexity index is 230. The van der Waals surface area contributed by atoms with Crippen LogP contribution in [0.15, 0.2) is 0 Å². The second-order valence-corrected chi connectivity index (χ2v) is 4.70. The Morgan fingerprint density at radius 1 is 1.58 bits per heavy atom. The van der Waals surface area contributed by atoms with E-state index in [1.54, 1.807) is 0 Å². The van der Waals surface area contributed by atoms with Gasteiger partial charge in [-0.2, -0.15) is 0 Å². The van der Waals surface area contributed by atoms with Crippen molar-refractivity contribution in [2.45, 2.75) is 31.7 Å². The van der Waals surface area contributed by atoms with Crippen molar-refractivity contribution in [1.82, 2.24) is 0 Å². The van der Waals surface area contributed by atoms with Crippen molar-refractivity contribution in [3.05, 3.63) is 0 Å². The van der Waals surface area contributed by atoms with Gasteiger partial charge in [0.2, 0.25) is 0 Å². The molecular weight excluding hydrogens is 156 g/mol. The third-order valence-corrected chi connectivity index (χ3v) is 4.08. The molecule has 0 aromatic heterocycles. The molecule has 3 heteroatoms. The quantitative estimate of drug-likeness (QED) is 0.534. The van der Waals surface area contributed by atoms with Crippen LogP contribution in [0.1, 0.15) is 13.3 Å². The van der Waals surface area contributed by atoms with Gasteiger partial charge in [-0.3, -0.25) is 0 Å². The monoisotopic (exact) mass is 170 g/mol. The van der Waals surface area contributed by atoms with Gasteiger partial charge >= 0.3 is 0 Å². The number of fused-ring (bicyclic) bond motifs is 5. The maximum atomic E-state index is 9.90. The van der Waals surface area contributed by atoms with Gasteiger partial charge in [0.1, 0.15) is 0 Å². The first-order valence-corrected chi connectivity index (χ1v) is 4.63. The van der Waals surface area contributed by atoms with Crippen LogP contribution in [0.3, 0.4) is 0 Å². The smallest absolute Gasteiger partial charge is 0.0924 e. The highest BCUT2D eigenvalue weighted by Crippen LogP contribution is 2.65. The predicted molar refractivity (Wildman–Crippen MR) is 41.5 cm³/mol. The van der Waals surface area contributed by atoms with E-state index in [1.165, 1.54) is 0 Å². The van der Waals surface area contributed by atoms with Gasteiger partial charge in [-0.15, -0.1) is 0 Å². The average molecular weight is 170 g/mol. The van der Waals surface area contributed by atoms with Crippen LogP contribution in [-0.4, -0.2) is 35.1 Å². The van der Waals surface area contributed by atoms with Gasteiger partial charge in [0, 0.05) is 17.9 Å². The lowest BCUT2D eigenvalue weighted by atomic mass is 9.81. The van der Waals surface area contributed by atoms with Crippen molar-refractivity contribution < 1.29 is 14.9 Å². The maximum absolute atomic E-state index is 9.90. The number of rotatable bonds is 1. The van der Waals surface area contributed by atoms with Crippen molar-refractivity contribution in [2.24, 2.45) is 17.3 Å². The van der Waals surface area contributed by atoms with Crippen LogP contribution >= 0.6 is 0 Å². The molecule has 1 aliphatic heterocycles. The standard InChI is InChI=1S/C9H14O3/c1-9-2-4(3-10)5(7(9)11)6-8(9)12-6/h4-8,10-11H,2-3H2,1H3/t4-,5+,6+,7-,8+,9+/m0/s1. The predicted octanol–water partition coefficient (Wildman–Crippen LogP) is -0.237. The topological polar surface area (TPSA) is 53.0 Å².